The van der Waals surface area contributed by atoms with E-state index in [1.807, 2.05) is 0 Å². The largest absolute Gasteiger partial charge is 0.338 e. The highest BCUT2D eigenvalue weighted by molar-refractivity contribution is 5.46. The van der Waals surface area contributed by atoms with Crippen molar-refractivity contribution in [3.05, 3.63) is 39.1 Å². The molecule has 0 aliphatic carbocycles. The summed E-state index contributed by atoms with van der Waals surface area (Å²) in [6.07, 6.45) is 3.51. The van der Waals surface area contributed by atoms with Gasteiger partial charge in [0.05, 0.1) is 16.4 Å². The van der Waals surface area contributed by atoms with Crippen molar-refractivity contribution in [3.63, 3.8) is 0 Å². The first kappa shape index (κ1) is 12.6. The molecule has 3 N–H and O–H groups in total. The lowest BCUT2D eigenvalue weighted by Crippen LogP contribution is -2.44. The number of nitrogens with one attached hydrogen (secondary N) is 3. The van der Waals surface area contributed by atoms with Crippen molar-refractivity contribution in [3.8, 4) is 0 Å². The summed E-state index contributed by atoms with van der Waals surface area (Å²) in [6.45, 7) is 7.43. The van der Waals surface area contributed by atoms with Gasteiger partial charge in [-0.2, -0.15) is 0 Å². The highest BCUT2D eigenvalue weighted by Crippen LogP contribution is 2.08. The van der Waals surface area contributed by atoms with Gasteiger partial charge in [-0.15, -0.1) is 0 Å². The van der Waals surface area contributed by atoms with E-state index in [1.165, 1.54) is 0 Å². The molecule has 7 nitrogen and oxygen atoms in total. The average molecular weight is 272 g/mol. The molecule has 0 aromatic carbocycles. The van der Waals surface area contributed by atoms with Gasteiger partial charge in [-0.25, -0.2) is 14.8 Å². The van der Waals surface area contributed by atoms with Gasteiger partial charge in [-0.1, -0.05) is 6.58 Å². The van der Waals surface area contributed by atoms with Crippen LogP contribution in [0.5, 0.6) is 0 Å². The first-order valence-electron chi connectivity index (χ1n) is 6.50. The molecule has 1 aliphatic heterocycles. The number of nitrogens with zero attached hydrogens (tertiary/aromatic N) is 3. The molecule has 20 heavy (non-hydrogen) atoms. The van der Waals surface area contributed by atoms with Crippen LogP contribution in [0.4, 0.5) is 5.95 Å². The minimum atomic E-state index is -0.266. The molecule has 0 spiro atoms. The molecule has 104 valence electrons. The van der Waals surface area contributed by atoms with E-state index in [-0.39, 0.29) is 5.69 Å². The van der Waals surface area contributed by atoms with Crippen LogP contribution in [0.25, 0.3) is 12.7 Å². The molecule has 0 amide bonds. The molecule has 0 unspecified atom stereocenters. The normalized spacial score (nSPS) is 16.6. The molecular formula is C13H16N6O. The van der Waals surface area contributed by atoms with E-state index < -0.39 is 0 Å². The summed E-state index contributed by atoms with van der Waals surface area (Å²) in [4.78, 5) is 27.4. The fourth-order valence-electron chi connectivity index (χ4n) is 2.16. The van der Waals surface area contributed by atoms with E-state index in [2.05, 4.69) is 36.7 Å². The molecule has 0 atom stereocenters. The third-order valence-electron chi connectivity index (χ3n) is 3.19. The number of piperazine rings is 1. The van der Waals surface area contributed by atoms with E-state index in [4.69, 9.17) is 0 Å². The Balaban J connectivity index is 1.95. The lowest BCUT2D eigenvalue weighted by molar-refractivity contribution is 0.579. The second-order valence-electron chi connectivity index (χ2n) is 4.63. The molecule has 3 rings (SSSR count). The number of rotatable bonds is 2. The van der Waals surface area contributed by atoms with Crippen LogP contribution in [0.2, 0.25) is 0 Å². The molecular weight excluding hydrogens is 256 g/mol. The summed E-state index contributed by atoms with van der Waals surface area (Å²) >= 11 is 0. The van der Waals surface area contributed by atoms with Crippen LogP contribution in [0.1, 0.15) is 5.69 Å². The highest BCUT2D eigenvalue weighted by atomic mass is 16.1. The number of H-pyrrole nitrogens is 2. The van der Waals surface area contributed by atoms with Crippen molar-refractivity contribution in [2.24, 2.45) is 0 Å². The van der Waals surface area contributed by atoms with Crippen LogP contribution in [0.3, 0.4) is 0 Å². The van der Waals surface area contributed by atoms with Crippen molar-refractivity contribution in [2.45, 2.75) is 0 Å². The first-order chi connectivity index (χ1) is 9.72. The van der Waals surface area contributed by atoms with Gasteiger partial charge in [0.15, 0.2) is 0 Å². The number of imidazole rings is 1. The second-order valence-corrected chi connectivity index (χ2v) is 4.63. The Morgan fingerprint density at radius 3 is 2.80 bits per heavy atom. The summed E-state index contributed by atoms with van der Waals surface area (Å²) in [5.74, 6) is 0.712. The quantitative estimate of drug-likeness (QED) is 0.597. The SMILES string of the molecule is C=c1[nH]c(=O)[nH]/c1=C\c1ccnc(N2CCNCC2)n1. The predicted molar refractivity (Wildman–Crippen MR) is 76.9 cm³/mol. The number of hydrogen-bond acceptors (Lipinski definition) is 5. The van der Waals surface area contributed by atoms with Crippen LogP contribution in [0, 0.1) is 0 Å². The van der Waals surface area contributed by atoms with Crippen LogP contribution < -0.4 is 26.6 Å². The lowest BCUT2D eigenvalue weighted by Gasteiger charge is -2.27. The number of hydrogen-bond donors (Lipinski definition) is 3. The minimum Gasteiger partial charge on any atom is -0.338 e. The van der Waals surface area contributed by atoms with Crippen molar-refractivity contribution in [2.75, 3.05) is 31.1 Å². The minimum absolute atomic E-state index is 0.266. The summed E-state index contributed by atoms with van der Waals surface area (Å²) in [6, 6.07) is 1.80. The maximum absolute atomic E-state index is 11.2. The average Bonchev–Trinajstić information content (AvgIpc) is 2.78. The smallest absolute Gasteiger partial charge is 0.323 e. The molecule has 0 bridgehead atoms. The Labute approximate surface area is 115 Å². The topological polar surface area (TPSA) is 89.7 Å². The van der Waals surface area contributed by atoms with Gasteiger partial charge in [0.1, 0.15) is 0 Å². The van der Waals surface area contributed by atoms with E-state index >= 15 is 0 Å². The van der Waals surface area contributed by atoms with Crippen LogP contribution >= 0.6 is 0 Å². The maximum atomic E-state index is 11.2. The molecule has 2 aromatic heterocycles. The fraction of sp³-hybridized carbons (Fsp3) is 0.308. The Bertz CT molecular complexity index is 756. The van der Waals surface area contributed by atoms with E-state index in [1.54, 1.807) is 18.3 Å². The van der Waals surface area contributed by atoms with Crippen molar-refractivity contribution in [1.82, 2.24) is 25.3 Å². The summed E-state index contributed by atoms with van der Waals surface area (Å²) < 4.78 is 0. The van der Waals surface area contributed by atoms with Gasteiger partial charge in [0.25, 0.3) is 0 Å². The Morgan fingerprint density at radius 2 is 2.10 bits per heavy atom. The number of aromatic nitrogens is 4. The summed E-state index contributed by atoms with van der Waals surface area (Å²) in [7, 11) is 0. The predicted octanol–water partition coefficient (Wildman–Crippen LogP) is -1.86. The van der Waals surface area contributed by atoms with Crippen LogP contribution in [-0.2, 0) is 0 Å². The first-order valence-corrected chi connectivity index (χ1v) is 6.50. The molecule has 0 radical (unpaired) electrons. The van der Waals surface area contributed by atoms with E-state index in [0.29, 0.717) is 16.6 Å². The third kappa shape index (κ3) is 2.62. The van der Waals surface area contributed by atoms with Gasteiger partial charge < -0.3 is 20.2 Å². The van der Waals surface area contributed by atoms with E-state index in [9.17, 15) is 4.79 Å². The fourth-order valence-corrected chi connectivity index (χ4v) is 2.16. The Hall–Kier alpha value is -2.41. The maximum Gasteiger partial charge on any atom is 0.323 e. The Morgan fingerprint density at radius 1 is 1.30 bits per heavy atom. The standard InChI is InChI=1S/C13H16N6O/c1-9-11(18-13(20)16-9)8-10-2-3-15-12(17-10)19-6-4-14-5-7-19/h2-3,8,14H,1,4-7H2,(H2,16,18,20)/b11-8-. The van der Waals surface area contributed by atoms with Gasteiger partial charge in [0.2, 0.25) is 5.95 Å². The number of aromatic amines is 2. The van der Waals surface area contributed by atoms with Crippen molar-refractivity contribution in [1.29, 1.82) is 0 Å². The summed E-state index contributed by atoms with van der Waals surface area (Å²) in [5.41, 5.74) is 0.478. The zero-order valence-electron chi connectivity index (χ0n) is 11.0. The molecule has 1 fully saturated rings. The molecule has 2 aromatic rings. The van der Waals surface area contributed by atoms with Crippen LogP contribution in [-0.4, -0.2) is 46.1 Å². The van der Waals surface area contributed by atoms with Crippen LogP contribution in [0.15, 0.2) is 17.1 Å². The van der Waals surface area contributed by atoms with Gasteiger partial charge in [0, 0.05) is 32.4 Å². The summed E-state index contributed by atoms with van der Waals surface area (Å²) in [5, 5.41) is 4.48. The zero-order chi connectivity index (χ0) is 13.9. The number of anilines is 1. The lowest BCUT2D eigenvalue weighted by atomic mass is 10.3. The zero-order valence-corrected chi connectivity index (χ0v) is 11.0. The molecule has 1 saturated heterocycles. The third-order valence-corrected chi connectivity index (χ3v) is 3.19. The van der Waals surface area contributed by atoms with Gasteiger partial charge >= 0.3 is 5.69 Å². The monoisotopic (exact) mass is 272 g/mol. The molecule has 3 heterocycles. The second kappa shape index (κ2) is 5.30. The van der Waals surface area contributed by atoms with Gasteiger partial charge in [-0.3, -0.25) is 0 Å². The molecule has 0 saturated carbocycles. The Kier molecular flexibility index (Phi) is 3.34. The van der Waals surface area contributed by atoms with Gasteiger partial charge in [-0.05, 0) is 12.1 Å². The van der Waals surface area contributed by atoms with E-state index in [0.717, 1.165) is 31.9 Å². The molecule has 7 heteroatoms. The molecule has 1 aliphatic rings. The highest BCUT2D eigenvalue weighted by Gasteiger charge is 2.12. The van der Waals surface area contributed by atoms with Crippen molar-refractivity contribution >= 4 is 18.6 Å². The van der Waals surface area contributed by atoms with Crippen molar-refractivity contribution < 1.29 is 0 Å².